The monoisotopic (exact) mass is 226 g/mol. The Morgan fingerprint density at radius 2 is 2.00 bits per heavy atom. The highest BCUT2D eigenvalue weighted by atomic mass is 35.5. The molecule has 0 amide bonds. The summed E-state index contributed by atoms with van der Waals surface area (Å²) in [6.07, 6.45) is 3.73. The molecule has 0 unspecified atom stereocenters. The van der Waals surface area contributed by atoms with E-state index in [-0.39, 0.29) is 0 Å². The third kappa shape index (κ3) is 2.73. The van der Waals surface area contributed by atoms with Gasteiger partial charge in [0.25, 0.3) is 0 Å². The zero-order valence-corrected chi connectivity index (χ0v) is 9.25. The van der Waals surface area contributed by atoms with Crippen LogP contribution in [0.1, 0.15) is 5.56 Å². The minimum atomic E-state index is 0.447. The molecule has 1 aromatic rings. The van der Waals surface area contributed by atoms with Gasteiger partial charge in [0.1, 0.15) is 6.29 Å². The van der Waals surface area contributed by atoms with Gasteiger partial charge >= 0.3 is 0 Å². The van der Waals surface area contributed by atoms with E-state index in [1.54, 1.807) is 18.2 Å². The first-order valence-electron chi connectivity index (χ1n) is 4.26. The summed E-state index contributed by atoms with van der Waals surface area (Å²) in [5, 5.41) is 0.447. The van der Waals surface area contributed by atoms with Crippen molar-refractivity contribution in [3.05, 3.63) is 28.8 Å². The predicted molar refractivity (Wildman–Crippen MR) is 59.7 cm³/mol. The lowest BCUT2D eigenvalue weighted by atomic mass is 10.2. The van der Waals surface area contributed by atoms with E-state index in [2.05, 4.69) is 0 Å². The fourth-order valence-electron chi connectivity index (χ4n) is 1.18. The van der Waals surface area contributed by atoms with E-state index in [1.165, 1.54) is 20.3 Å². The van der Waals surface area contributed by atoms with Crippen LogP contribution < -0.4 is 9.47 Å². The second kappa shape index (κ2) is 5.41. The normalized spacial score (nSPS) is 10.3. The Balaban J connectivity index is 3.18. The van der Waals surface area contributed by atoms with Crippen molar-refractivity contribution in [1.82, 2.24) is 0 Å². The number of methoxy groups -OCH3 is 2. The molecule has 80 valence electrons. The van der Waals surface area contributed by atoms with Crippen molar-refractivity contribution in [3.8, 4) is 11.5 Å². The maximum atomic E-state index is 10.2. The lowest BCUT2D eigenvalue weighted by Gasteiger charge is -2.09. The summed E-state index contributed by atoms with van der Waals surface area (Å²) in [5.41, 5.74) is 0.782. The first-order chi connectivity index (χ1) is 7.22. The molecule has 0 aliphatic carbocycles. The molecule has 4 heteroatoms. The zero-order chi connectivity index (χ0) is 11.3. The molecular weight excluding hydrogens is 216 g/mol. The lowest BCUT2D eigenvalue weighted by Crippen LogP contribution is -1.92. The highest BCUT2D eigenvalue weighted by molar-refractivity contribution is 6.32. The molecule has 1 rings (SSSR count). The summed E-state index contributed by atoms with van der Waals surface area (Å²) in [6, 6.07) is 3.44. The average molecular weight is 227 g/mol. The van der Waals surface area contributed by atoms with Crippen molar-refractivity contribution in [3.63, 3.8) is 0 Å². The Morgan fingerprint density at radius 1 is 1.27 bits per heavy atom. The summed E-state index contributed by atoms with van der Waals surface area (Å²) in [7, 11) is 3.05. The van der Waals surface area contributed by atoms with Crippen LogP contribution in [0.3, 0.4) is 0 Å². The van der Waals surface area contributed by atoms with Crippen LogP contribution in [-0.2, 0) is 4.79 Å². The fourth-order valence-corrected chi connectivity index (χ4v) is 1.48. The molecule has 15 heavy (non-hydrogen) atoms. The minimum absolute atomic E-state index is 0.447. The van der Waals surface area contributed by atoms with Crippen molar-refractivity contribution in [2.75, 3.05) is 14.2 Å². The summed E-state index contributed by atoms with van der Waals surface area (Å²) < 4.78 is 10.2. The Hall–Kier alpha value is -1.48. The molecule has 1 aromatic carbocycles. The van der Waals surface area contributed by atoms with E-state index in [1.807, 2.05) is 0 Å². The second-order valence-corrected chi connectivity index (χ2v) is 3.14. The van der Waals surface area contributed by atoms with Crippen LogP contribution in [0.25, 0.3) is 6.08 Å². The third-order valence-corrected chi connectivity index (χ3v) is 2.10. The molecule has 0 heterocycles. The summed E-state index contributed by atoms with van der Waals surface area (Å²) in [4.78, 5) is 10.2. The van der Waals surface area contributed by atoms with Gasteiger partial charge in [-0.25, -0.2) is 0 Å². The van der Waals surface area contributed by atoms with E-state index in [0.29, 0.717) is 22.8 Å². The summed E-state index contributed by atoms with van der Waals surface area (Å²) >= 11 is 5.97. The molecule has 0 saturated heterocycles. The molecule has 0 spiro atoms. The first-order valence-corrected chi connectivity index (χ1v) is 4.64. The standard InChI is InChI=1S/C11H11ClO3/c1-14-10-7-8(4-3-5-13)6-9(12)11(10)15-2/h3-7H,1-2H3. The Labute approximate surface area is 93.3 Å². The molecule has 0 aromatic heterocycles. The lowest BCUT2D eigenvalue weighted by molar-refractivity contribution is -0.104. The fraction of sp³-hybridized carbons (Fsp3) is 0.182. The number of ether oxygens (including phenoxy) is 2. The van der Waals surface area contributed by atoms with E-state index in [4.69, 9.17) is 21.1 Å². The highest BCUT2D eigenvalue weighted by Gasteiger charge is 2.09. The number of carbonyl (C=O) groups is 1. The molecule has 0 fully saturated rings. The maximum Gasteiger partial charge on any atom is 0.179 e. The largest absolute Gasteiger partial charge is 0.493 e. The van der Waals surface area contributed by atoms with Gasteiger partial charge in [0, 0.05) is 0 Å². The number of allylic oxidation sites excluding steroid dienone is 1. The maximum absolute atomic E-state index is 10.2. The molecule has 0 aliphatic heterocycles. The highest BCUT2D eigenvalue weighted by Crippen LogP contribution is 2.36. The average Bonchev–Trinajstić information content (AvgIpc) is 2.25. The van der Waals surface area contributed by atoms with Crippen LogP contribution >= 0.6 is 11.6 Å². The topological polar surface area (TPSA) is 35.5 Å². The Bertz CT molecular complexity index is 386. The van der Waals surface area contributed by atoms with Crippen molar-refractivity contribution in [2.24, 2.45) is 0 Å². The van der Waals surface area contributed by atoms with Crippen molar-refractivity contribution in [1.29, 1.82) is 0 Å². The number of carbonyl (C=O) groups excluding carboxylic acids is 1. The number of benzene rings is 1. The van der Waals surface area contributed by atoms with Gasteiger partial charge in [-0.15, -0.1) is 0 Å². The van der Waals surface area contributed by atoms with Gasteiger partial charge in [-0.3, -0.25) is 4.79 Å². The third-order valence-electron chi connectivity index (χ3n) is 1.82. The molecule has 0 N–H and O–H groups in total. The Kier molecular flexibility index (Phi) is 4.18. The molecule has 0 bridgehead atoms. The second-order valence-electron chi connectivity index (χ2n) is 2.73. The molecule has 0 atom stereocenters. The quantitative estimate of drug-likeness (QED) is 0.585. The van der Waals surface area contributed by atoms with E-state index in [0.717, 1.165) is 5.56 Å². The van der Waals surface area contributed by atoms with Crippen LogP contribution in [0.15, 0.2) is 18.2 Å². The van der Waals surface area contributed by atoms with Gasteiger partial charge in [-0.2, -0.15) is 0 Å². The van der Waals surface area contributed by atoms with Crippen molar-refractivity contribution >= 4 is 24.0 Å². The van der Waals surface area contributed by atoms with Gasteiger partial charge in [0.05, 0.1) is 19.2 Å². The number of rotatable bonds is 4. The van der Waals surface area contributed by atoms with Crippen LogP contribution in [0.2, 0.25) is 5.02 Å². The van der Waals surface area contributed by atoms with Crippen molar-refractivity contribution < 1.29 is 14.3 Å². The first kappa shape index (κ1) is 11.6. The molecular formula is C11H11ClO3. The summed E-state index contributed by atoms with van der Waals surface area (Å²) in [5.74, 6) is 1.03. The van der Waals surface area contributed by atoms with Gasteiger partial charge in [-0.05, 0) is 23.8 Å². The predicted octanol–water partition coefficient (Wildman–Crippen LogP) is 2.57. The molecule has 0 aliphatic rings. The number of aldehydes is 1. The molecule has 0 saturated carbocycles. The van der Waals surface area contributed by atoms with Crippen LogP contribution in [-0.4, -0.2) is 20.5 Å². The SMILES string of the molecule is COc1cc(C=CC=O)cc(Cl)c1OC. The minimum Gasteiger partial charge on any atom is -0.493 e. The molecule has 3 nitrogen and oxygen atoms in total. The molecule has 0 radical (unpaired) electrons. The number of halogens is 1. The van der Waals surface area contributed by atoms with Crippen molar-refractivity contribution in [2.45, 2.75) is 0 Å². The van der Waals surface area contributed by atoms with Gasteiger partial charge in [0.15, 0.2) is 11.5 Å². The van der Waals surface area contributed by atoms with Gasteiger partial charge in [-0.1, -0.05) is 17.7 Å². The van der Waals surface area contributed by atoms with E-state index >= 15 is 0 Å². The smallest absolute Gasteiger partial charge is 0.179 e. The van der Waals surface area contributed by atoms with Gasteiger partial charge in [0.2, 0.25) is 0 Å². The number of hydrogen-bond acceptors (Lipinski definition) is 3. The van der Waals surface area contributed by atoms with Gasteiger partial charge < -0.3 is 9.47 Å². The van der Waals surface area contributed by atoms with Crippen LogP contribution in [0.5, 0.6) is 11.5 Å². The number of hydrogen-bond donors (Lipinski definition) is 0. The van der Waals surface area contributed by atoms with E-state index < -0.39 is 0 Å². The van der Waals surface area contributed by atoms with Crippen LogP contribution in [0.4, 0.5) is 0 Å². The Morgan fingerprint density at radius 3 is 2.53 bits per heavy atom. The van der Waals surface area contributed by atoms with Crippen LogP contribution in [0, 0.1) is 0 Å². The zero-order valence-electron chi connectivity index (χ0n) is 8.49. The van der Waals surface area contributed by atoms with E-state index in [9.17, 15) is 4.79 Å². The summed E-state index contributed by atoms with van der Waals surface area (Å²) in [6.45, 7) is 0.